The predicted molar refractivity (Wildman–Crippen MR) is 23.4 cm³/mol. The van der Waals surface area contributed by atoms with Crippen molar-refractivity contribution in [3.05, 3.63) is 6.61 Å². The Morgan fingerprint density at radius 1 is 1.71 bits per heavy atom. The second kappa shape index (κ2) is 2.07. The molecule has 1 saturated heterocycles. The molecule has 0 saturated carbocycles. The summed E-state index contributed by atoms with van der Waals surface area (Å²) in [6, 6.07) is 0. The van der Waals surface area contributed by atoms with Crippen molar-refractivity contribution >= 4 is 5.78 Å². The van der Waals surface area contributed by atoms with Gasteiger partial charge in [0.15, 0.2) is 5.78 Å². The van der Waals surface area contributed by atoms with E-state index in [0.29, 0.717) is 13.0 Å². The molecule has 0 atom stereocenters. The normalized spacial score (nSPS) is 22.6. The van der Waals surface area contributed by atoms with E-state index in [2.05, 4.69) is 11.3 Å². The molecule has 0 aromatic carbocycles. The maximum absolute atomic E-state index is 10.2. The Labute approximate surface area is 42.5 Å². The van der Waals surface area contributed by atoms with Crippen molar-refractivity contribution in [3.8, 4) is 0 Å². The maximum atomic E-state index is 10.2. The van der Waals surface area contributed by atoms with Crippen LogP contribution in [0, 0.1) is 6.61 Å². The predicted octanol–water partition coefficient (Wildman–Crippen LogP) is 0.405. The summed E-state index contributed by atoms with van der Waals surface area (Å²) >= 11 is 0. The van der Waals surface area contributed by atoms with Crippen LogP contribution in [-0.2, 0) is 9.53 Å². The molecule has 0 amide bonds. The highest BCUT2D eigenvalue weighted by atomic mass is 16.5. The van der Waals surface area contributed by atoms with Crippen molar-refractivity contribution in [1.29, 1.82) is 0 Å². The Kier molecular flexibility index (Phi) is 1.42. The molecule has 0 bridgehead atoms. The third-order valence-corrected chi connectivity index (χ3v) is 0.836. The van der Waals surface area contributed by atoms with Crippen LogP contribution in [0.4, 0.5) is 0 Å². The molecule has 2 nitrogen and oxygen atoms in total. The minimum atomic E-state index is -0.00810. The quantitative estimate of drug-likeness (QED) is 0.438. The third kappa shape index (κ3) is 1.27. The highest BCUT2D eigenvalue weighted by Gasteiger charge is 2.08. The van der Waals surface area contributed by atoms with Gasteiger partial charge in [0.05, 0.1) is 0 Å². The zero-order valence-electron chi connectivity index (χ0n) is 3.94. The number of Topliss-reactive ketones (excluding diaryl/α,β-unsaturated/α-hetero) is 1. The van der Waals surface area contributed by atoms with Crippen LogP contribution in [0.5, 0.6) is 0 Å². The first kappa shape index (κ1) is 4.78. The van der Waals surface area contributed by atoms with Crippen molar-refractivity contribution in [2.45, 2.75) is 12.8 Å². The van der Waals surface area contributed by atoms with E-state index >= 15 is 0 Å². The van der Waals surface area contributed by atoms with Crippen molar-refractivity contribution in [1.82, 2.24) is 0 Å². The first-order valence-corrected chi connectivity index (χ1v) is 2.30. The van der Waals surface area contributed by atoms with Crippen LogP contribution in [0.2, 0.25) is 0 Å². The molecule has 1 aliphatic rings. The first-order valence-electron chi connectivity index (χ1n) is 2.30. The van der Waals surface area contributed by atoms with E-state index in [1.807, 2.05) is 0 Å². The van der Waals surface area contributed by atoms with Gasteiger partial charge in [-0.2, -0.15) is 0 Å². The van der Waals surface area contributed by atoms with Gasteiger partial charge in [-0.25, -0.2) is 0 Å². The fourth-order valence-corrected chi connectivity index (χ4v) is 0.487. The minimum absolute atomic E-state index is 0.00810. The van der Waals surface area contributed by atoms with E-state index in [9.17, 15) is 4.79 Å². The molecule has 0 spiro atoms. The summed E-state index contributed by atoms with van der Waals surface area (Å²) in [5.74, 6) is -0.00810. The number of carbonyl (C=O) groups is 1. The van der Waals surface area contributed by atoms with Crippen LogP contribution in [0.25, 0.3) is 0 Å². The van der Waals surface area contributed by atoms with E-state index in [-0.39, 0.29) is 5.78 Å². The second-order valence-electron chi connectivity index (χ2n) is 1.48. The lowest BCUT2D eigenvalue weighted by molar-refractivity contribution is -0.122. The lowest BCUT2D eigenvalue weighted by Gasteiger charge is -2.05. The number of rotatable bonds is 0. The Bertz CT molecular complexity index is 70.1. The fourth-order valence-electron chi connectivity index (χ4n) is 0.487. The Morgan fingerprint density at radius 2 is 2.57 bits per heavy atom. The maximum Gasteiger partial charge on any atom is 0.205 e. The van der Waals surface area contributed by atoms with Crippen molar-refractivity contribution < 1.29 is 9.53 Å². The second-order valence-corrected chi connectivity index (χ2v) is 1.48. The fraction of sp³-hybridized carbons (Fsp3) is 0.600. The molecule has 1 heterocycles. The van der Waals surface area contributed by atoms with Gasteiger partial charge in [0.1, 0.15) is 0 Å². The molecule has 0 aromatic rings. The number of hydrogen-bond donors (Lipinski definition) is 0. The SMILES string of the molecule is O=C1[C]OCCC1. The molecule has 0 unspecified atom stereocenters. The van der Waals surface area contributed by atoms with E-state index in [1.54, 1.807) is 0 Å². The molecular weight excluding hydrogens is 92.1 g/mol. The summed E-state index contributed by atoms with van der Waals surface area (Å²) in [6.07, 6.45) is 1.46. The van der Waals surface area contributed by atoms with Crippen LogP contribution in [0.1, 0.15) is 12.8 Å². The monoisotopic (exact) mass is 98.0 g/mol. The average molecular weight is 98.1 g/mol. The molecule has 0 N–H and O–H groups in total. The number of carbonyl (C=O) groups excluding carboxylic acids is 1. The Hall–Kier alpha value is -0.370. The van der Waals surface area contributed by atoms with Gasteiger partial charge in [-0.3, -0.25) is 4.79 Å². The lowest BCUT2D eigenvalue weighted by Crippen LogP contribution is -2.10. The van der Waals surface area contributed by atoms with Gasteiger partial charge in [0.2, 0.25) is 6.61 Å². The number of ketones is 1. The molecule has 1 fully saturated rings. The van der Waals surface area contributed by atoms with E-state index in [1.165, 1.54) is 0 Å². The molecular formula is C5H6O2. The average Bonchev–Trinajstić information content (AvgIpc) is 1.69. The van der Waals surface area contributed by atoms with Gasteiger partial charge >= 0.3 is 0 Å². The van der Waals surface area contributed by atoms with Gasteiger partial charge in [-0.1, -0.05) is 0 Å². The third-order valence-electron chi connectivity index (χ3n) is 0.836. The smallest absolute Gasteiger partial charge is 0.205 e. The highest BCUT2D eigenvalue weighted by molar-refractivity contribution is 5.85. The zero-order valence-corrected chi connectivity index (χ0v) is 3.94. The van der Waals surface area contributed by atoms with Crippen LogP contribution < -0.4 is 0 Å². The molecule has 0 aliphatic carbocycles. The molecule has 38 valence electrons. The van der Waals surface area contributed by atoms with Crippen LogP contribution >= 0.6 is 0 Å². The van der Waals surface area contributed by atoms with E-state index in [4.69, 9.17) is 0 Å². The molecule has 2 radical (unpaired) electrons. The number of ether oxygens (including phenoxy) is 1. The van der Waals surface area contributed by atoms with E-state index < -0.39 is 0 Å². The van der Waals surface area contributed by atoms with Gasteiger partial charge in [-0.05, 0) is 6.42 Å². The van der Waals surface area contributed by atoms with E-state index in [0.717, 1.165) is 6.42 Å². The molecule has 0 aromatic heterocycles. The molecule has 2 heteroatoms. The molecule has 1 aliphatic heterocycles. The number of hydrogen-bond acceptors (Lipinski definition) is 2. The summed E-state index contributed by atoms with van der Waals surface area (Å²) < 4.78 is 4.58. The van der Waals surface area contributed by atoms with Crippen molar-refractivity contribution in [2.24, 2.45) is 0 Å². The summed E-state index contributed by atoms with van der Waals surface area (Å²) in [6.45, 7) is 2.90. The first-order chi connectivity index (χ1) is 3.39. The lowest BCUT2D eigenvalue weighted by atomic mass is 10.2. The van der Waals surface area contributed by atoms with Gasteiger partial charge in [-0.15, -0.1) is 0 Å². The van der Waals surface area contributed by atoms with Crippen LogP contribution in [0.15, 0.2) is 0 Å². The summed E-state index contributed by atoms with van der Waals surface area (Å²) in [5.41, 5.74) is 0. The van der Waals surface area contributed by atoms with Gasteiger partial charge < -0.3 is 4.74 Å². The molecule has 1 rings (SSSR count). The van der Waals surface area contributed by atoms with Crippen LogP contribution in [-0.4, -0.2) is 12.4 Å². The van der Waals surface area contributed by atoms with Gasteiger partial charge in [0.25, 0.3) is 0 Å². The minimum Gasteiger partial charge on any atom is -0.360 e. The summed E-state index contributed by atoms with van der Waals surface area (Å²) in [7, 11) is 0. The standard InChI is InChI=1S/C5H6O2/c6-5-2-1-3-7-4-5/h1-3H2. The summed E-state index contributed by atoms with van der Waals surface area (Å²) in [4.78, 5) is 10.2. The Balaban J connectivity index is 2.25. The van der Waals surface area contributed by atoms with Crippen LogP contribution in [0.3, 0.4) is 0 Å². The zero-order chi connectivity index (χ0) is 5.11. The Morgan fingerprint density at radius 3 is 2.86 bits per heavy atom. The van der Waals surface area contributed by atoms with Gasteiger partial charge in [0, 0.05) is 13.0 Å². The largest absolute Gasteiger partial charge is 0.360 e. The van der Waals surface area contributed by atoms with Crippen molar-refractivity contribution in [3.63, 3.8) is 0 Å². The summed E-state index contributed by atoms with van der Waals surface area (Å²) in [5, 5.41) is 0. The van der Waals surface area contributed by atoms with Crippen molar-refractivity contribution in [2.75, 3.05) is 6.61 Å². The highest BCUT2D eigenvalue weighted by Crippen LogP contribution is 2.02. The topological polar surface area (TPSA) is 26.3 Å². The molecule has 7 heavy (non-hydrogen) atoms.